The number of carbonyl (C=O) groups excluding carboxylic acids is 1. The van der Waals surface area contributed by atoms with E-state index in [1.54, 1.807) is 6.92 Å². The first-order valence-electron chi connectivity index (χ1n) is 1.92. The minimum atomic E-state index is -0.347. The Balaban J connectivity index is 0. The number of hydrogen-bond acceptors (Lipinski definition) is 2. The number of methoxy groups -OCH3 is 1. The van der Waals surface area contributed by atoms with Gasteiger partial charge in [0.1, 0.15) is 0 Å². The first-order valence-corrected chi connectivity index (χ1v) is 1.92. The highest BCUT2D eigenvalue weighted by Crippen LogP contribution is 1.87. The van der Waals surface area contributed by atoms with Crippen molar-refractivity contribution < 1.29 is 11.0 Å². The Morgan fingerprint density at radius 1 is 1.86 bits per heavy atom. The molecular weight excluding hydrogens is 92.1 g/mol. The van der Waals surface area contributed by atoms with Crippen LogP contribution in [-0.4, -0.2) is 13.1 Å². The predicted molar refractivity (Wildman–Crippen MR) is 27.9 cm³/mol. The molecule has 0 aliphatic heterocycles. The van der Waals surface area contributed by atoms with Crippen LogP contribution in [0, 0.1) is 0 Å². The van der Waals surface area contributed by atoms with Gasteiger partial charge in [0.2, 0.25) is 0 Å². The zero-order valence-electron chi connectivity index (χ0n) is 5.52. The van der Waals surface area contributed by atoms with Gasteiger partial charge in [0.05, 0.1) is 7.11 Å². The molecule has 0 bridgehead atoms. The minimum absolute atomic E-state index is 0. The fraction of sp³-hybridized carbons (Fsp3) is 0.400. The molecule has 0 atom stereocenters. The Kier molecular flexibility index (Phi) is 2.12. The molecule has 0 aromatic heterocycles. The minimum Gasteiger partial charge on any atom is -0.466 e. The summed E-state index contributed by atoms with van der Waals surface area (Å²) in [5.74, 6) is -0.347. The summed E-state index contributed by atoms with van der Waals surface area (Å²) in [5, 5.41) is 0. The van der Waals surface area contributed by atoms with Crippen LogP contribution in [0.4, 0.5) is 0 Å². The Morgan fingerprint density at radius 3 is 2.29 bits per heavy atom. The van der Waals surface area contributed by atoms with Gasteiger partial charge in [-0.25, -0.2) is 4.79 Å². The van der Waals surface area contributed by atoms with Crippen LogP contribution in [0.3, 0.4) is 0 Å². The number of rotatable bonds is 1. The number of carbonyl (C=O) groups is 1. The fourth-order valence-corrected chi connectivity index (χ4v) is 0.174. The summed E-state index contributed by atoms with van der Waals surface area (Å²) >= 11 is 0. The van der Waals surface area contributed by atoms with E-state index in [1.807, 2.05) is 0 Å². The van der Waals surface area contributed by atoms with Crippen molar-refractivity contribution in [3.05, 3.63) is 12.2 Å². The van der Waals surface area contributed by atoms with Crippen molar-refractivity contribution in [1.82, 2.24) is 0 Å². The smallest absolute Gasteiger partial charge is 0.466 e. The maximum atomic E-state index is 10.2. The summed E-state index contributed by atoms with van der Waals surface area (Å²) in [4.78, 5) is 10.2. The molecule has 0 radical (unpaired) electrons. The summed E-state index contributed by atoms with van der Waals surface area (Å²) in [5.41, 5.74) is 0.433. The van der Waals surface area contributed by atoms with Crippen molar-refractivity contribution in [2.75, 3.05) is 7.11 Å². The summed E-state index contributed by atoms with van der Waals surface area (Å²) in [6.07, 6.45) is 0. The van der Waals surface area contributed by atoms with Gasteiger partial charge < -0.3 is 4.74 Å². The van der Waals surface area contributed by atoms with Gasteiger partial charge >= 0.3 is 7.40 Å². The molecule has 0 saturated heterocycles. The molecule has 0 spiro atoms. The van der Waals surface area contributed by atoms with E-state index in [0.29, 0.717) is 5.57 Å². The van der Waals surface area contributed by atoms with E-state index in [2.05, 4.69) is 11.3 Å². The van der Waals surface area contributed by atoms with E-state index in [0.717, 1.165) is 0 Å². The van der Waals surface area contributed by atoms with Gasteiger partial charge in [0, 0.05) is 5.57 Å². The highest BCUT2D eigenvalue weighted by molar-refractivity contribution is 5.86. The molecule has 0 aromatic carbocycles. The summed E-state index contributed by atoms with van der Waals surface area (Å²) in [7, 11) is 1.33. The van der Waals surface area contributed by atoms with Gasteiger partial charge in [0.15, 0.2) is 0 Å². The Hall–Kier alpha value is -0.790. The summed E-state index contributed by atoms with van der Waals surface area (Å²) in [6.45, 7) is 4.95. The fourth-order valence-electron chi connectivity index (χ4n) is 0.174. The molecule has 0 saturated carbocycles. The third-order valence-corrected chi connectivity index (χ3v) is 0.534. The average molecular weight is 101 g/mol. The quantitative estimate of drug-likeness (QED) is 0.361. The summed E-state index contributed by atoms with van der Waals surface area (Å²) in [6, 6.07) is 0. The predicted octanol–water partition coefficient (Wildman–Crippen LogP) is 0.848. The lowest BCUT2D eigenvalue weighted by Gasteiger charge is -1.91. The number of hydrogen-bond donors (Lipinski definition) is 0. The average Bonchev–Trinajstić information content (AvgIpc) is 1.65. The molecule has 0 fully saturated rings. The second-order valence-corrected chi connectivity index (χ2v) is 1.27. The Morgan fingerprint density at radius 2 is 2.29 bits per heavy atom. The van der Waals surface area contributed by atoms with Crippen molar-refractivity contribution in [1.29, 1.82) is 0 Å². The van der Waals surface area contributed by atoms with Crippen LogP contribution < -0.4 is 0 Å². The van der Waals surface area contributed by atoms with Gasteiger partial charge in [-0.3, -0.25) is 0 Å². The normalized spacial score (nSPS) is 7.71. The van der Waals surface area contributed by atoms with E-state index in [1.165, 1.54) is 7.11 Å². The van der Waals surface area contributed by atoms with Gasteiger partial charge in [-0.15, -0.1) is 0 Å². The van der Waals surface area contributed by atoms with E-state index >= 15 is 0 Å². The molecule has 0 N–H and O–H groups in total. The molecule has 0 unspecified atom stereocenters. The topological polar surface area (TPSA) is 26.3 Å². The van der Waals surface area contributed by atoms with Crippen LogP contribution in [0.25, 0.3) is 0 Å². The molecule has 0 aromatic rings. The molecule has 0 aliphatic carbocycles. The third-order valence-electron chi connectivity index (χ3n) is 0.534. The van der Waals surface area contributed by atoms with Gasteiger partial charge in [-0.1, -0.05) is 6.58 Å². The largest absolute Gasteiger partial charge is 1.00 e. The molecule has 2 nitrogen and oxygen atoms in total. The van der Waals surface area contributed by atoms with Crippen LogP contribution in [0.5, 0.6) is 0 Å². The van der Waals surface area contributed by atoms with Crippen molar-refractivity contribution in [3.63, 3.8) is 0 Å². The molecule has 2 heteroatoms. The van der Waals surface area contributed by atoms with Crippen molar-refractivity contribution >= 4 is 5.97 Å². The van der Waals surface area contributed by atoms with E-state index in [4.69, 9.17) is 0 Å². The molecular formula is C5H9O2+. The van der Waals surface area contributed by atoms with Crippen LogP contribution in [0.15, 0.2) is 12.2 Å². The first kappa shape index (κ1) is 6.21. The highest BCUT2D eigenvalue weighted by Gasteiger charge is 1.95. The maximum absolute atomic E-state index is 10.2. The number of ether oxygens (including phenoxy) is 1. The second-order valence-electron chi connectivity index (χ2n) is 1.27. The standard InChI is InChI=1S/C5H8O2/c1-4(2)5(6)7-3/h1H2,2-3H3/p+1. The van der Waals surface area contributed by atoms with Crippen molar-refractivity contribution in [2.45, 2.75) is 6.92 Å². The second kappa shape index (κ2) is 2.39. The monoisotopic (exact) mass is 101 g/mol. The molecule has 0 amide bonds. The molecule has 40 valence electrons. The van der Waals surface area contributed by atoms with Crippen LogP contribution in [0.2, 0.25) is 0 Å². The first-order chi connectivity index (χ1) is 3.18. The maximum Gasteiger partial charge on any atom is 1.00 e. The van der Waals surface area contributed by atoms with E-state index < -0.39 is 0 Å². The molecule has 7 heavy (non-hydrogen) atoms. The third kappa shape index (κ3) is 1.98. The summed E-state index contributed by atoms with van der Waals surface area (Å²) < 4.78 is 4.27. The van der Waals surface area contributed by atoms with Gasteiger partial charge in [0.25, 0.3) is 0 Å². The molecule has 0 heterocycles. The lowest BCUT2D eigenvalue weighted by molar-refractivity contribution is -0.135. The molecule has 0 rings (SSSR count). The van der Waals surface area contributed by atoms with Crippen molar-refractivity contribution in [2.24, 2.45) is 0 Å². The van der Waals surface area contributed by atoms with Crippen LogP contribution >= 0.6 is 0 Å². The molecule has 0 aliphatic rings. The van der Waals surface area contributed by atoms with Gasteiger partial charge in [-0.2, -0.15) is 0 Å². The zero-order chi connectivity index (χ0) is 5.86. The lowest BCUT2D eigenvalue weighted by atomic mass is 10.4. The van der Waals surface area contributed by atoms with Crippen LogP contribution in [0.1, 0.15) is 8.35 Å². The Labute approximate surface area is 44.3 Å². The SMILES string of the molecule is C=C(C)C(=O)OC.[H+]. The van der Waals surface area contributed by atoms with E-state index in [-0.39, 0.29) is 7.40 Å². The van der Waals surface area contributed by atoms with Crippen LogP contribution in [-0.2, 0) is 9.53 Å². The van der Waals surface area contributed by atoms with Crippen molar-refractivity contribution in [3.8, 4) is 0 Å². The Bertz CT molecular complexity index is 98.6. The zero-order valence-corrected chi connectivity index (χ0v) is 4.52. The lowest BCUT2D eigenvalue weighted by Crippen LogP contribution is -1.98. The van der Waals surface area contributed by atoms with Gasteiger partial charge in [-0.05, 0) is 6.92 Å². The number of esters is 1. The van der Waals surface area contributed by atoms with E-state index in [9.17, 15) is 4.79 Å². The highest BCUT2D eigenvalue weighted by atomic mass is 16.5.